The average molecular weight is 396 g/mol. The standard InChI is InChI=1S/C18H20O10/c1-7(13(19)20)9(3)15(23)27-17(25)11(5)12(6)18(26)28-16(24)10(4)8(2)14(21)22/h1-6H3,(H,19,20)(H,21,22)/b9-7-,10-8-,12-11-. The van der Waals surface area contributed by atoms with E-state index in [9.17, 15) is 28.8 Å². The second-order valence-corrected chi connectivity index (χ2v) is 5.71. The molecule has 152 valence electrons. The van der Waals surface area contributed by atoms with Crippen LogP contribution in [0, 0.1) is 0 Å². The minimum atomic E-state index is -1.37. The number of carboxylic acids is 2. The minimum Gasteiger partial charge on any atom is -0.478 e. The van der Waals surface area contributed by atoms with Crippen LogP contribution in [-0.2, 0) is 38.2 Å². The molecule has 0 rings (SSSR count). The SMILES string of the molecule is C/C(C(=O)O)=C(\C)C(=O)OC(=O)/C(C)=C(/C)C(=O)OC(=O)/C(C)=C(/C)C(=O)O. The van der Waals surface area contributed by atoms with Crippen molar-refractivity contribution in [1.29, 1.82) is 0 Å². The fraction of sp³-hybridized carbons (Fsp3) is 0.333. The maximum atomic E-state index is 12.0. The number of hydrogen-bond donors (Lipinski definition) is 2. The molecule has 0 aliphatic rings. The number of carbonyl (C=O) groups excluding carboxylic acids is 4. The van der Waals surface area contributed by atoms with Crippen LogP contribution in [0.25, 0.3) is 0 Å². The molecular weight excluding hydrogens is 376 g/mol. The molecule has 10 heteroatoms. The molecule has 0 spiro atoms. The lowest BCUT2D eigenvalue weighted by Crippen LogP contribution is -2.21. The number of esters is 4. The number of carboxylic acid groups (broad SMARTS) is 2. The second kappa shape index (κ2) is 9.95. The highest BCUT2D eigenvalue weighted by Crippen LogP contribution is 2.13. The Balaban J connectivity index is 5.41. The maximum Gasteiger partial charge on any atom is 0.342 e. The predicted octanol–water partition coefficient (Wildman–Crippen LogP) is 1.30. The Bertz CT molecular complexity index is 782. The van der Waals surface area contributed by atoms with Crippen molar-refractivity contribution in [3.8, 4) is 0 Å². The first-order valence-electron chi connectivity index (χ1n) is 7.74. The van der Waals surface area contributed by atoms with E-state index in [1.807, 2.05) is 0 Å². The van der Waals surface area contributed by atoms with Gasteiger partial charge in [0, 0.05) is 33.4 Å². The molecule has 0 heterocycles. The molecule has 0 fully saturated rings. The summed E-state index contributed by atoms with van der Waals surface area (Å²) in [5, 5.41) is 17.6. The number of ether oxygens (including phenoxy) is 2. The maximum absolute atomic E-state index is 12.0. The van der Waals surface area contributed by atoms with E-state index >= 15 is 0 Å². The third kappa shape index (κ3) is 6.31. The van der Waals surface area contributed by atoms with Crippen molar-refractivity contribution < 1.29 is 48.5 Å². The summed E-state index contributed by atoms with van der Waals surface area (Å²) in [6.45, 7) is 6.86. The summed E-state index contributed by atoms with van der Waals surface area (Å²) in [4.78, 5) is 69.1. The third-order valence-corrected chi connectivity index (χ3v) is 3.92. The first-order chi connectivity index (χ1) is 12.7. The quantitative estimate of drug-likeness (QED) is 0.380. The van der Waals surface area contributed by atoms with E-state index < -0.39 is 35.8 Å². The van der Waals surface area contributed by atoms with Crippen LogP contribution < -0.4 is 0 Å². The Kier molecular flexibility index (Phi) is 8.69. The monoisotopic (exact) mass is 396 g/mol. The molecule has 0 atom stereocenters. The average Bonchev–Trinajstić information content (AvgIpc) is 2.63. The van der Waals surface area contributed by atoms with E-state index in [0.29, 0.717) is 0 Å². The Morgan fingerprint density at radius 2 is 0.607 bits per heavy atom. The number of aliphatic carboxylic acids is 2. The van der Waals surface area contributed by atoms with Crippen LogP contribution in [0.4, 0.5) is 0 Å². The molecule has 0 amide bonds. The van der Waals surface area contributed by atoms with E-state index in [-0.39, 0.29) is 33.4 Å². The van der Waals surface area contributed by atoms with Gasteiger partial charge in [-0.1, -0.05) is 0 Å². The highest BCUT2D eigenvalue weighted by molar-refractivity contribution is 6.10. The number of hydrogen-bond acceptors (Lipinski definition) is 8. The van der Waals surface area contributed by atoms with Gasteiger partial charge in [-0.3, -0.25) is 0 Å². The predicted molar refractivity (Wildman–Crippen MR) is 92.6 cm³/mol. The van der Waals surface area contributed by atoms with Gasteiger partial charge in [-0.25, -0.2) is 28.8 Å². The van der Waals surface area contributed by atoms with Gasteiger partial charge in [-0.2, -0.15) is 0 Å². The summed E-state index contributed by atoms with van der Waals surface area (Å²) in [6.07, 6.45) is 0. The Morgan fingerprint density at radius 1 is 0.429 bits per heavy atom. The molecular formula is C18H20O10. The first kappa shape index (κ1) is 24.4. The van der Waals surface area contributed by atoms with Gasteiger partial charge in [0.1, 0.15) is 0 Å². The van der Waals surface area contributed by atoms with Gasteiger partial charge in [0.05, 0.1) is 0 Å². The topological polar surface area (TPSA) is 161 Å². The molecule has 2 N–H and O–H groups in total. The van der Waals surface area contributed by atoms with Crippen molar-refractivity contribution in [2.45, 2.75) is 41.5 Å². The van der Waals surface area contributed by atoms with Gasteiger partial charge < -0.3 is 19.7 Å². The van der Waals surface area contributed by atoms with Crippen LogP contribution in [-0.4, -0.2) is 46.0 Å². The van der Waals surface area contributed by atoms with E-state index in [1.54, 1.807) is 0 Å². The van der Waals surface area contributed by atoms with Gasteiger partial charge in [-0.05, 0) is 41.5 Å². The van der Waals surface area contributed by atoms with Gasteiger partial charge in [0.15, 0.2) is 0 Å². The third-order valence-electron chi connectivity index (χ3n) is 3.92. The molecule has 0 aliphatic carbocycles. The molecule has 0 aromatic heterocycles. The van der Waals surface area contributed by atoms with Crippen molar-refractivity contribution in [1.82, 2.24) is 0 Å². The summed E-state index contributed by atoms with van der Waals surface area (Å²) < 4.78 is 9.00. The fourth-order valence-electron chi connectivity index (χ4n) is 1.41. The van der Waals surface area contributed by atoms with Crippen LogP contribution in [0.1, 0.15) is 41.5 Å². The highest BCUT2D eigenvalue weighted by atomic mass is 16.6. The summed E-state index contributed by atoms with van der Waals surface area (Å²) in [5.74, 6) is -7.63. The molecule has 10 nitrogen and oxygen atoms in total. The van der Waals surface area contributed by atoms with E-state index in [4.69, 9.17) is 10.2 Å². The molecule has 0 aliphatic heterocycles. The van der Waals surface area contributed by atoms with Gasteiger partial charge in [-0.15, -0.1) is 0 Å². The molecule has 0 bridgehead atoms. The zero-order valence-electron chi connectivity index (χ0n) is 16.2. The lowest BCUT2D eigenvalue weighted by Gasteiger charge is -2.09. The van der Waals surface area contributed by atoms with Gasteiger partial charge in [0.2, 0.25) is 0 Å². The zero-order chi connectivity index (χ0) is 22.3. The fourth-order valence-corrected chi connectivity index (χ4v) is 1.41. The molecule has 0 unspecified atom stereocenters. The number of rotatable bonds is 6. The molecule has 0 aromatic carbocycles. The smallest absolute Gasteiger partial charge is 0.342 e. The minimum absolute atomic E-state index is 0.311. The van der Waals surface area contributed by atoms with Crippen molar-refractivity contribution in [3.63, 3.8) is 0 Å². The molecule has 28 heavy (non-hydrogen) atoms. The van der Waals surface area contributed by atoms with Crippen LogP contribution >= 0.6 is 0 Å². The second-order valence-electron chi connectivity index (χ2n) is 5.71. The first-order valence-corrected chi connectivity index (χ1v) is 7.74. The summed E-state index contributed by atoms with van der Waals surface area (Å²) in [6, 6.07) is 0. The van der Waals surface area contributed by atoms with E-state index in [0.717, 1.165) is 41.5 Å². The Hall–Kier alpha value is -3.56. The van der Waals surface area contributed by atoms with E-state index in [1.165, 1.54) is 0 Å². The van der Waals surface area contributed by atoms with Crippen molar-refractivity contribution in [2.24, 2.45) is 0 Å². The lowest BCUT2D eigenvalue weighted by molar-refractivity contribution is -0.157. The van der Waals surface area contributed by atoms with E-state index in [2.05, 4.69) is 9.47 Å². The molecule has 0 aromatic rings. The Morgan fingerprint density at radius 3 is 0.786 bits per heavy atom. The van der Waals surface area contributed by atoms with Crippen LogP contribution in [0.2, 0.25) is 0 Å². The zero-order valence-corrected chi connectivity index (χ0v) is 16.2. The highest BCUT2D eigenvalue weighted by Gasteiger charge is 2.24. The van der Waals surface area contributed by atoms with Crippen LogP contribution in [0.15, 0.2) is 33.4 Å². The molecule has 0 radical (unpaired) electrons. The Labute approximate surface area is 160 Å². The van der Waals surface area contributed by atoms with Crippen molar-refractivity contribution in [3.05, 3.63) is 33.4 Å². The van der Waals surface area contributed by atoms with Gasteiger partial charge >= 0.3 is 35.8 Å². The summed E-state index contributed by atoms with van der Waals surface area (Å²) >= 11 is 0. The molecule has 0 saturated carbocycles. The summed E-state index contributed by atoms with van der Waals surface area (Å²) in [5.41, 5.74) is -1.98. The molecule has 0 saturated heterocycles. The van der Waals surface area contributed by atoms with Crippen LogP contribution in [0.5, 0.6) is 0 Å². The largest absolute Gasteiger partial charge is 0.478 e. The summed E-state index contributed by atoms with van der Waals surface area (Å²) in [7, 11) is 0. The van der Waals surface area contributed by atoms with Gasteiger partial charge in [0.25, 0.3) is 0 Å². The number of carbonyl (C=O) groups is 6. The van der Waals surface area contributed by atoms with Crippen molar-refractivity contribution in [2.75, 3.05) is 0 Å². The van der Waals surface area contributed by atoms with Crippen molar-refractivity contribution >= 4 is 35.8 Å². The lowest BCUT2D eigenvalue weighted by atomic mass is 10.1. The normalized spacial score (nSPS) is 13.4. The van der Waals surface area contributed by atoms with Crippen LogP contribution in [0.3, 0.4) is 0 Å².